The van der Waals surface area contributed by atoms with Gasteiger partial charge < -0.3 is 10.5 Å². The first-order chi connectivity index (χ1) is 10.0. The topological polar surface area (TPSA) is 76.1 Å². The van der Waals surface area contributed by atoms with Gasteiger partial charge in [-0.2, -0.15) is 5.26 Å². The van der Waals surface area contributed by atoms with Crippen LogP contribution in [0.1, 0.15) is 21.5 Å². The number of benzene rings is 2. The van der Waals surface area contributed by atoms with Crippen molar-refractivity contribution in [2.24, 2.45) is 0 Å². The monoisotopic (exact) mass is 304 g/mol. The highest BCUT2D eigenvalue weighted by Gasteiger charge is 2.12. The highest BCUT2D eigenvalue weighted by molar-refractivity contribution is 6.33. The maximum absolute atomic E-state index is 13.8. The van der Waals surface area contributed by atoms with Crippen molar-refractivity contribution in [1.29, 1.82) is 5.26 Å². The molecule has 0 atom stereocenters. The van der Waals surface area contributed by atoms with E-state index in [0.717, 1.165) is 0 Å². The third-order valence-corrected chi connectivity index (χ3v) is 3.12. The molecule has 0 aliphatic carbocycles. The molecule has 106 valence electrons. The number of nitrogens with zero attached hydrogens (tertiary/aromatic N) is 1. The van der Waals surface area contributed by atoms with Gasteiger partial charge >= 0.3 is 5.97 Å². The maximum Gasteiger partial charge on any atom is 0.338 e. The van der Waals surface area contributed by atoms with E-state index in [2.05, 4.69) is 0 Å². The molecule has 0 unspecified atom stereocenters. The third kappa shape index (κ3) is 3.30. The Morgan fingerprint density at radius 3 is 2.81 bits per heavy atom. The van der Waals surface area contributed by atoms with Gasteiger partial charge in [-0.3, -0.25) is 0 Å². The number of rotatable bonds is 3. The van der Waals surface area contributed by atoms with Gasteiger partial charge in [-0.1, -0.05) is 23.7 Å². The molecule has 2 N–H and O–H groups in total. The first-order valence-corrected chi connectivity index (χ1v) is 6.30. The fourth-order valence-corrected chi connectivity index (χ4v) is 1.84. The molecule has 0 heterocycles. The minimum atomic E-state index is -0.692. The zero-order valence-electron chi connectivity index (χ0n) is 10.8. The number of ether oxygens (including phenoxy) is 1. The van der Waals surface area contributed by atoms with Crippen LogP contribution >= 0.6 is 11.6 Å². The fraction of sp³-hybridized carbons (Fsp3) is 0.0667. The number of halogens is 2. The smallest absolute Gasteiger partial charge is 0.338 e. The largest absolute Gasteiger partial charge is 0.457 e. The lowest BCUT2D eigenvalue weighted by molar-refractivity contribution is 0.0469. The highest BCUT2D eigenvalue weighted by Crippen LogP contribution is 2.20. The van der Waals surface area contributed by atoms with E-state index in [0.29, 0.717) is 5.69 Å². The van der Waals surface area contributed by atoms with Crippen molar-refractivity contribution in [2.45, 2.75) is 6.61 Å². The summed E-state index contributed by atoms with van der Waals surface area (Å²) in [4.78, 5) is 11.8. The van der Waals surface area contributed by atoms with Crippen LogP contribution < -0.4 is 5.73 Å². The molecule has 6 heteroatoms. The Balaban J connectivity index is 2.11. The first kappa shape index (κ1) is 14.8. The van der Waals surface area contributed by atoms with Crippen molar-refractivity contribution in [3.05, 3.63) is 63.9 Å². The number of nitrogen functional groups attached to an aromatic ring is 1. The lowest BCUT2D eigenvalue weighted by Gasteiger charge is -2.07. The number of hydrogen-bond acceptors (Lipinski definition) is 4. The van der Waals surface area contributed by atoms with E-state index in [-0.39, 0.29) is 28.3 Å². The summed E-state index contributed by atoms with van der Waals surface area (Å²) in [6, 6.07) is 10.4. The van der Waals surface area contributed by atoms with Gasteiger partial charge in [-0.05, 0) is 24.3 Å². The van der Waals surface area contributed by atoms with Crippen molar-refractivity contribution < 1.29 is 13.9 Å². The van der Waals surface area contributed by atoms with Gasteiger partial charge in [0.15, 0.2) is 0 Å². The average molecular weight is 305 g/mol. The van der Waals surface area contributed by atoms with E-state index in [9.17, 15) is 9.18 Å². The van der Waals surface area contributed by atoms with Crippen LogP contribution in [0.5, 0.6) is 0 Å². The van der Waals surface area contributed by atoms with Gasteiger partial charge in [-0.15, -0.1) is 0 Å². The zero-order valence-corrected chi connectivity index (χ0v) is 11.5. The van der Waals surface area contributed by atoms with Crippen molar-refractivity contribution in [3.63, 3.8) is 0 Å². The van der Waals surface area contributed by atoms with Gasteiger partial charge in [0.05, 0.1) is 21.8 Å². The molecule has 0 aliphatic heterocycles. The minimum absolute atomic E-state index is 0.0981. The third-order valence-electron chi connectivity index (χ3n) is 2.79. The van der Waals surface area contributed by atoms with Crippen LogP contribution in [0.3, 0.4) is 0 Å². The zero-order chi connectivity index (χ0) is 15.4. The van der Waals surface area contributed by atoms with Crippen LogP contribution in [-0.4, -0.2) is 5.97 Å². The summed E-state index contributed by atoms with van der Waals surface area (Å²) in [5, 5.41) is 8.97. The molecule has 0 fully saturated rings. The van der Waals surface area contributed by atoms with E-state index in [1.165, 1.54) is 36.4 Å². The average Bonchev–Trinajstić information content (AvgIpc) is 2.48. The summed E-state index contributed by atoms with van der Waals surface area (Å²) >= 11 is 5.81. The number of nitrogens with two attached hydrogens (primary N) is 1. The van der Waals surface area contributed by atoms with Gasteiger partial charge in [0, 0.05) is 5.56 Å². The molecule has 0 spiro atoms. The second kappa shape index (κ2) is 6.25. The number of nitriles is 1. The molecule has 0 saturated heterocycles. The Kier molecular flexibility index (Phi) is 4.41. The van der Waals surface area contributed by atoms with Crippen LogP contribution in [0, 0.1) is 17.1 Å². The van der Waals surface area contributed by atoms with Crippen molar-refractivity contribution in [1.82, 2.24) is 0 Å². The van der Waals surface area contributed by atoms with Crippen molar-refractivity contribution in [3.8, 4) is 6.07 Å². The Morgan fingerprint density at radius 1 is 1.38 bits per heavy atom. The highest BCUT2D eigenvalue weighted by atomic mass is 35.5. The summed E-state index contributed by atoms with van der Waals surface area (Å²) in [6.07, 6.45) is 0. The maximum atomic E-state index is 13.8. The summed E-state index contributed by atoms with van der Waals surface area (Å²) in [5.74, 6) is -1.35. The number of carbonyl (C=O) groups excluding carboxylic acids is 1. The quantitative estimate of drug-likeness (QED) is 0.697. The van der Waals surface area contributed by atoms with Gasteiger partial charge in [0.25, 0.3) is 0 Å². The first-order valence-electron chi connectivity index (χ1n) is 5.92. The molecular formula is C15H10ClFN2O2. The van der Waals surface area contributed by atoms with Crippen LogP contribution in [0.15, 0.2) is 36.4 Å². The Labute approximate surface area is 125 Å². The molecule has 0 aliphatic rings. The molecule has 0 saturated carbocycles. The Bertz CT molecular complexity index is 741. The predicted octanol–water partition coefficient (Wildman–Crippen LogP) is 3.29. The fourth-order valence-electron chi connectivity index (χ4n) is 1.66. The summed E-state index contributed by atoms with van der Waals surface area (Å²) < 4.78 is 18.8. The second-order valence-electron chi connectivity index (χ2n) is 4.20. The van der Waals surface area contributed by atoms with E-state index in [1.807, 2.05) is 0 Å². The molecule has 0 radical (unpaired) electrons. The second-order valence-corrected chi connectivity index (χ2v) is 4.61. The van der Waals surface area contributed by atoms with E-state index in [4.69, 9.17) is 27.3 Å². The lowest BCUT2D eigenvalue weighted by Crippen LogP contribution is -2.07. The Morgan fingerprint density at radius 2 is 2.14 bits per heavy atom. The molecule has 2 aromatic rings. The van der Waals surface area contributed by atoms with E-state index >= 15 is 0 Å². The molecule has 0 bridgehead atoms. The van der Waals surface area contributed by atoms with Crippen molar-refractivity contribution in [2.75, 3.05) is 5.73 Å². The SMILES string of the molecule is N#Cc1cccc(COC(=O)c2ccc(N)c(Cl)c2)c1F. The summed E-state index contributed by atoms with van der Waals surface area (Å²) in [5.41, 5.74) is 6.13. The minimum Gasteiger partial charge on any atom is -0.457 e. The lowest BCUT2D eigenvalue weighted by atomic mass is 10.1. The van der Waals surface area contributed by atoms with E-state index in [1.54, 1.807) is 6.07 Å². The molecule has 2 rings (SSSR count). The van der Waals surface area contributed by atoms with Gasteiger partial charge in [0.1, 0.15) is 18.5 Å². The summed E-state index contributed by atoms with van der Waals surface area (Å²) in [7, 11) is 0. The number of anilines is 1. The molecular weight excluding hydrogens is 295 g/mol. The summed E-state index contributed by atoms with van der Waals surface area (Å²) in [6.45, 7) is -0.276. The molecule has 0 aromatic heterocycles. The van der Waals surface area contributed by atoms with Gasteiger partial charge in [-0.25, -0.2) is 9.18 Å². The van der Waals surface area contributed by atoms with Crippen LogP contribution in [0.25, 0.3) is 0 Å². The molecule has 0 amide bonds. The Hall–Kier alpha value is -2.58. The molecule has 2 aromatic carbocycles. The normalized spacial score (nSPS) is 9.95. The van der Waals surface area contributed by atoms with E-state index < -0.39 is 11.8 Å². The molecule has 4 nitrogen and oxygen atoms in total. The van der Waals surface area contributed by atoms with Crippen LogP contribution in [-0.2, 0) is 11.3 Å². The van der Waals surface area contributed by atoms with Crippen LogP contribution in [0.2, 0.25) is 5.02 Å². The standard InChI is InChI=1S/C15H10ClFN2O2/c16-12-6-9(4-5-13(12)19)15(20)21-8-11-3-1-2-10(7-18)14(11)17/h1-6H,8,19H2. The van der Waals surface area contributed by atoms with Crippen LogP contribution in [0.4, 0.5) is 10.1 Å². The van der Waals surface area contributed by atoms with Crippen molar-refractivity contribution >= 4 is 23.3 Å². The predicted molar refractivity (Wildman–Crippen MR) is 76.1 cm³/mol. The number of hydrogen-bond donors (Lipinski definition) is 1. The molecule has 21 heavy (non-hydrogen) atoms. The van der Waals surface area contributed by atoms with Gasteiger partial charge in [0.2, 0.25) is 0 Å². The number of carbonyl (C=O) groups is 1. The number of esters is 1.